The van der Waals surface area contributed by atoms with E-state index in [0.29, 0.717) is 24.0 Å². The number of benzene rings is 3. The van der Waals surface area contributed by atoms with Crippen LogP contribution in [0.2, 0.25) is 0 Å². The van der Waals surface area contributed by atoms with Crippen molar-refractivity contribution < 1.29 is 13.9 Å². The van der Waals surface area contributed by atoms with Crippen LogP contribution in [-0.2, 0) is 23.4 Å². The van der Waals surface area contributed by atoms with Gasteiger partial charge >= 0.3 is 6.09 Å². The van der Waals surface area contributed by atoms with Crippen LogP contribution in [0.4, 0.5) is 9.18 Å². The molecule has 1 spiro atoms. The van der Waals surface area contributed by atoms with Crippen molar-refractivity contribution in [3.8, 4) is 6.07 Å². The topological polar surface area (TPSA) is 56.6 Å². The van der Waals surface area contributed by atoms with Gasteiger partial charge in [0, 0.05) is 38.0 Å². The van der Waals surface area contributed by atoms with Gasteiger partial charge in [0.2, 0.25) is 0 Å². The van der Waals surface area contributed by atoms with Crippen LogP contribution < -0.4 is 0 Å². The molecule has 2 heterocycles. The summed E-state index contributed by atoms with van der Waals surface area (Å²) in [5.41, 5.74) is 1.73. The van der Waals surface area contributed by atoms with E-state index in [1.165, 1.54) is 6.07 Å². The van der Waals surface area contributed by atoms with Crippen LogP contribution in [0.1, 0.15) is 42.0 Å². The molecule has 1 amide bonds. The van der Waals surface area contributed by atoms with E-state index < -0.39 is 17.2 Å². The minimum atomic E-state index is -0.750. The number of ether oxygens (including phenoxy) is 1. The molecule has 2 aliphatic rings. The maximum atomic E-state index is 14.6. The third kappa shape index (κ3) is 4.06. The van der Waals surface area contributed by atoms with Gasteiger partial charge in [-0.05, 0) is 36.2 Å². The van der Waals surface area contributed by atoms with E-state index in [-0.39, 0.29) is 12.4 Å². The fourth-order valence-corrected chi connectivity index (χ4v) is 5.61. The number of carbonyl (C=O) groups excluding carboxylic acids is 1. The predicted molar refractivity (Wildman–Crippen MR) is 131 cm³/mol. The highest BCUT2D eigenvalue weighted by molar-refractivity contribution is 5.74. The lowest BCUT2D eigenvalue weighted by molar-refractivity contribution is -0.0614. The highest BCUT2D eigenvalue weighted by atomic mass is 19.1. The average molecular weight is 470 g/mol. The molecule has 2 saturated heterocycles. The van der Waals surface area contributed by atoms with Crippen molar-refractivity contribution in [3.05, 3.63) is 107 Å². The van der Waals surface area contributed by atoms with Gasteiger partial charge in [-0.15, -0.1) is 0 Å². The number of hydrogen-bond acceptors (Lipinski definition) is 4. The Balaban J connectivity index is 1.43. The molecule has 5 nitrogen and oxygen atoms in total. The lowest BCUT2D eigenvalue weighted by atomic mass is 9.70. The van der Waals surface area contributed by atoms with Gasteiger partial charge < -0.3 is 4.74 Å². The summed E-state index contributed by atoms with van der Waals surface area (Å²) in [7, 11) is 0. The second-order valence-electron chi connectivity index (χ2n) is 9.57. The molecule has 1 atom stereocenters. The molecule has 5 rings (SSSR count). The van der Waals surface area contributed by atoms with Gasteiger partial charge in [0.05, 0.1) is 18.2 Å². The van der Waals surface area contributed by atoms with Crippen LogP contribution in [0, 0.1) is 17.1 Å². The minimum absolute atomic E-state index is 0.142. The molecule has 178 valence electrons. The molecule has 3 aromatic rings. The lowest BCUT2D eigenvalue weighted by Crippen LogP contribution is -2.58. The Morgan fingerprint density at radius 3 is 2.40 bits per heavy atom. The summed E-state index contributed by atoms with van der Waals surface area (Å²) in [6.45, 7) is 4.43. The zero-order chi connectivity index (χ0) is 24.5. The van der Waals surface area contributed by atoms with Gasteiger partial charge in [0.25, 0.3) is 0 Å². The zero-order valence-corrected chi connectivity index (χ0v) is 19.8. The first-order valence-electron chi connectivity index (χ1n) is 12.0. The first-order chi connectivity index (χ1) is 16.9. The minimum Gasteiger partial charge on any atom is -0.440 e. The van der Waals surface area contributed by atoms with Crippen LogP contribution in [0.25, 0.3) is 0 Å². The number of piperidine rings is 1. The van der Waals surface area contributed by atoms with E-state index in [9.17, 15) is 14.4 Å². The number of likely N-dealkylation sites (tertiary alicyclic amines) is 1. The van der Waals surface area contributed by atoms with Crippen LogP contribution in [0.15, 0.2) is 78.9 Å². The molecular weight excluding hydrogens is 441 g/mol. The van der Waals surface area contributed by atoms with E-state index in [1.807, 2.05) is 54.6 Å². The molecule has 2 fully saturated rings. The molecule has 35 heavy (non-hydrogen) atoms. The van der Waals surface area contributed by atoms with Gasteiger partial charge in [0.1, 0.15) is 17.0 Å². The van der Waals surface area contributed by atoms with Gasteiger partial charge in [-0.25, -0.2) is 9.18 Å². The van der Waals surface area contributed by atoms with Gasteiger partial charge in [-0.2, -0.15) is 5.26 Å². The van der Waals surface area contributed by atoms with Crippen molar-refractivity contribution in [1.82, 2.24) is 9.80 Å². The number of nitrogens with zero attached hydrogens (tertiary/aromatic N) is 3. The Kier molecular flexibility index (Phi) is 6.04. The molecule has 6 heteroatoms. The third-order valence-corrected chi connectivity index (χ3v) is 7.68. The summed E-state index contributed by atoms with van der Waals surface area (Å²) < 4.78 is 20.8. The highest BCUT2D eigenvalue weighted by Gasteiger charge is 2.63. The summed E-state index contributed by atoms with van der Waals surface area (Å²) in [5, 5.41) is 9.21. The highest BCUT2D eigenvalue weighted by Crippen LogP contribution is 2.52. The van der Waals surface area contributed by atoms with Crippen molar-refractivity contribution in [3.63, 3.8) is 0 Å². The van der Waals surface area contributed by atoms with Crippen molar-refractivity contribution in [2.45, 2.75) is 44.0 Å². The number of carbonyl (C=O) groups is 1. The van der Waals surface area contributed by atoms with Crippen LogP contribution in [-0.4, -0.2) is 34.6 Å². The van der Waals surface area contributed by atoms with E-state index in [0.717, 1.165) is 30.8 Å². The van der Waals surface area contributed by atoms with Crippen molar-refractivity contribution in [2.75, 3.05) is 13.1 Å². The molecular formula is C29H28FN3O2. The Hall–Kier alpha value is -3.69. The first kappa shape index (κ1) is 23.1. The Labute approximate surface area is 205 Å². The second kappa shape index (κ2) is 9.16. The largest absolute Gasteiger partial charge is 0.440 e. The second-order valence-corrected chi connectivity index (χ2v) is 9.57. The number of halogens is 1. The Morgan fingerprint density at radius 2 is 1.69 bits per heavy atom. The fraction of sp³-hybridized carbons (Fsp3) is 0.310. The maximum absolute atomic E-state index is 14.6. The zero-order valence-electron chi connectivity index (χ0n) is 19.8. The molecule has 0 aromatic heterocycles. The standard InChI is InChI=1S/C29H28FN3O2/c1-28(25-11-3-2-4-12-25)29(35-27(34)33(28)21-24-10-5-6-13-26(24)30)14-16-32(17-15-29)20-23-9-7-8-22(18-23)19-31/h2-13,18H,14-17,20-21H2,1H3. The SMILES string of the molecule is CC1(c2ccccc2)N(Cc2ccccc2F)C(=O)OC12CCN(Cc1cccc(C#N)c1)CC2. The third-order valence-electron chi connectivity index (χ3n) is 7.68. The summed E-state index contributed by atoms with van der Waals surface area (Å²) in [6, 6.07) is 26.4. The van der Waals surface area contributed by atoms with E-state index in [1.54, 1.807) is 23.1 Å². The number of nitriles is 1. The first-order valence-corrected chi connectivity index (χ1v) is 12.0. The summed E-state index contributed by atoms with van der Waals surface area (Å²) in [6.07, 6.45) is 0.917. The lowest BCUT2D eigenvalue weighted by Gasteiger charge is -2.48. The van der Waals surface area contributed by atoms with E-state index in [2.05, 4.69) is 17.9 Å². The Morgan fingerprint density at radius 1 is 0.971 bits per heavy atom. The average Bonchev–Trinajstić information content (AvgIpc) is 3.09. The molecule has 0 radical (unpaired) electrons. The molecule has 3 aromatic carbocycles. The number of amides is 1. The maximum Gasteiger partial charge on any atom is 0.411 e. The molecule has 2 aliphatic heterocycles. The molecule has 0 N–H and O–H groups in total. The molecule has 0 aliphatic carbocycles. The van der Waals surface area contributed by atoms with E-state index >= 15 is 0 Å². The van der Waals surface area contributed by atoms with Crippen LogP contribution >= 0.6 is 0 Å². The van der Waals surface area contributed by atoms with Gasteiger partial charge in [-0.3, -0.25) is 9.80 Å². The Bertz CT molecular complexity index is 1260. The summed E-state index contributed by atoms with van der Waals surface area (Å²) in [4.78, 5) is 17.4. The summed E-state index contributed by atoms with van der Waals surface area (Å²) >= 11 is 0. The van der Waals surface area contributed by atoms with Gasteiger partial charge in [-0.1, -0.05) is 60.7 Å². The monoisotopic (exact) mass is 469 g/mol. The number of rotatable bonds is 5. The predicted octanol–water partition coefficient (Wildman–Crippen LogP) is 5.60. The summed E-state index contributed by atoms with van der Waals surface area (Å²) in [5.74, 6) is -0.328. The molecule has 0 bridgehead atoms. The molecule has 0 saturated carbocycles. The van der Waals surface area contributed by atoms with E-state index in [4.69, 9.17) is 4.74 Å². The van der Waals surface area contributed by atoms with Gasteiger partial charge in [0.15, 0.2) is 0 Å². The van der Waals surface area contributed by atoms with Crippen molar-refractivity contribution >= 4 is 6.09 Å². The fourth-order valence-electron chi connectivity index (χ4n) is 5.61. The van der Waals surface area contributed by atoms with Crippen LogP contribution in [0.3, 0.4) is 0 Å². The number of hydrogen-bond donors (Lipinski definition) is 0. The smallest absolute Gasteiger partial charge is 0.411 e. The van der Waals surface area contributed by atoms with Crippen molar-refractivity contribution in [1.29, 1.82) is 5.26 Å². The quantitative estimate of drug-likeness (QED) is 0.488. The normalized spacial score (nSPS) is 21.6. The van der Waals surface area contributed by atoms with Crippen molar-refractivity contribution in [2.24, 2.45) is 0 Å². The molecule has 1 unspecified atom stereocenters. The van der Waals surface area contributed by atoms with Crippen LogP contribution in [0.5, 0.6) is 0 Å².